The van der Waals surface area contributed by atoms with E-state index < -0.39 is 0 Å². The van der Waals surface area contributed by atoms with Crippen LogP contribution in [0.1, 0.15) is 6.92 Å². The fourth-order valence-electron chi connectivity index (χ4n) is 0.712. The van der Waals surface area contributed by atoms with E-state index in [9.17, 15) is 9.59 Å². The maximum absolute atomic E-state index is 10.9. The SMILES string of the molecule is CCNC(=O)CN(C)C(=O)CN. The van der Waals surface area contributed by atoms with Crippen molar-refractivity contribution in [1.82, 2.24) is 10.2 Å². The Labute approximate surface area is 71.9 Å². The zero-order valence-electron chi connectivity index (χ0n) is 7.46. The number of nitrogens with one attached hydrogen (secondary N) is 1. The Morgan fingerprint density at radius 1 is 1.50 bits per heavy atom. The molecule has 0 atom stereocenters. The molecule has 0 aromatic heterocycles. The molecule has 0 aliphatic heterocycles. The fraction of sp³-hybridized carbons (Fsp3) is 0.714. The predicted molar refractivity (Wildman–Crippen MR) is 45.4 cm³/mol. The second kappa shape index (κ2) is 5.54. The molecule has 0 heterocycles. The summed E-state index contributed by atoms with van der Waals surface area (Å²) in [6.07, 6.45) is 0. The molecule has 0 aliphatic rings. The minimum Gasteiger partial charge on any atom is -0.355 e. The summed E-state index contributed by atoms with van der Waals surface area (Å²) in [4.78, 5) is 23.1. The number of rotatable bonds is 4. The van der Waals surface area contributed by atoms with E-state index in [2.05, 4.69) is 5.32 Å². The van der Waals surface area contributed by atoms with E-state index in [1.54, 1.807) is 7.05 Å². The van der Waals surface area contributed by atoms with Gasteiger partial charge in [0.05, 0.1) is 13.1 Å². The van der Waals surface area contributed by atoms with Crippen molar-refractivity contribution in [3.8, 4) is 0 Å². The Morgan fingerprint density at radius 2 is 2.08 bits per heavy atom. The Morgan fingerprint density at radius 3 is 2.50 bits per heavy atom. The van der Waals surface area contributed by atoms with Gasteiger partial charge < -0.3 is 16.0 Å². The van der Waals surface area contributed by atoms with E-state index in [0.717, 1.165) is 0 Å². The highest BCUT2D eigenvalue weighted by Crippen LogP contribution is 1.81. The molecule has 12 heavy (non-hydrogen) atoms. The van der Waals surface area contributed by atoms with Crippen LogP contribution in [0.15, 0.2) is 0 Å². The van der Waals surface area contributed by atoms with Crippen molar-refractivity contribution in [2.45, 2.75) is 6.92 Å². The first-order chi connectivity index (χ1) is 5.61. The maximum Gasteiger partial charge on any atom is 0.239 e. The summed E-state index contributed by atoms with van der Waals surface area (Å²) in [6.45, 7) is 2.41. The van der Waals surface area contributed by atoms with Gasteiger partial charge in [0.2, 0.25) is 11.8 Å². The minimum atomic E-state index is -0.235. The molecule has 70 valence electrons. The van der Waals surface area contributed by atoms with Crippen molar-refractivity contribution in [3.63, 3.8) is 0 Å². The molecule has 0 aliphatic carbocycles. The van der Waals surface area contributed by atoms with E-state index >= 15 is 0 Å². The summed E-state index contributed by atoms with van der Waals surface area (Å²) in [5, 5.41) is 2.58. The molecule has 5 heteroatoms. The van der Waals surface area contributed by atoms with Gasteiger partial charge in [-0.15, -0.1) is 0 Å². The van der Waals surface area contributed by atoms with E-state index in [-0.39, 0.29) is 24.9 Å². The Kier molecular flexibility index (Phi) is 5.03. The first-order valence-electron chi connectivity index (χ1n) is 3.82. The number of amides is 2. The molecule has 0 rings (SSSR count). The first-order valence-corrected chi connectivity index (χ1v) is 3.82. The first kappa shape index (κ1) is 10.9. The zero-order valence-corrected chi connectivity index (χ0v) is 7.46. The van der Waals surface area contributed by atoms with E-state index in [4.69, 9.17) is 5.73 Å². The lowest BCUT2D eigenvalue weighted by atomic mass is 10.4. The third-order valence-electron chi connectivity index (χ3n) is 1.36. The molecule has 0 saturated heterocycles. The fourth-order valence-corrected chi connectivity index (χ4v) is 0.712. The van der Waals surface area contributed by atoms with Crippen LogP contribution < -0.4 is 11.1 Å². The minimum absolute atomic E-state index is 0.0596. The van der Waals surface area contributed by atoms with Crippen LogP contribution in [-0.2, 0) is 9.59 Å². The van der Waals surface area contributed by atoms with E-state index in [1.807, 2.05) is 6.92 Å². The van der Waals surface area contributed by atoms with Gasteiger partial charge in [0.25, 0.3) is 0 Å². The van der Waals surface area contributed by atoms with Gasteiger partial charge in [-0.1, -0.05) is 0 Å². The van der Waals surface area contributed by atoms with Crippen LogP contribution in [0, 0.1) is 0 Å². The zero-order chi connectivity index (χ0) is 9.56. The molecule has 0 spiro atoms. The third kappa shape index (κ3) is 3.92. The van der Waals surface area contributed by atoms with Gasteiger partial charge in [-0.05, 0) is 6.92 Å². The second-order valence-electron chi connectivity index (χ2n) is 2.41. The molecule has 0 aromatic rings. The number of likely N-dealkylation sites (N-methyl/N-ethyl adjacent to an activating group) is 2. The lowest BCUT2D eigenvalue weighted by Gasteiger charge is -2.14. The standard InChI is InChI=1S/C7H15N3O2/c1-3-9-6(11)5-10(2)7(12)4-8/h3-5,8H2,1-2H3,(H,9,11). The lowest BCUT2D eigenvalue weighted by Crippen LogP contribution is -2.40. The van der Waals surface area contributed by atoms with E-state index in [0.29, 0.717) is 6.54 Å². The van der Waals surface area contributed by atoms with Gasteiger partial charge >= 0.3 is 0 Å². The number of nitrogens with two attached hydrogens (primary N) is 1. The van der Waals surface area contributed by atoms with Crippen LogP contribution in [0.5, 0.6) is 0 Å². The molecular formula is C7H15N3O2. The topological polar surface area (TPSA) is 75.4 Å². The van der Waals surface area contributed by atoms with E-state index in [1.165, 1.54) is 4.90 Å². The Bertz CT molecular complexity index is 170. The Balaban J connectivity index is 3.75. The van der Waals surface area contributed by atoms with Gasteiger partial charge in [0, 0.05) is 13.6 Å². The van der Waals surface area contributed by atoms with Crippen molar-refractivity contribution in [3.05, 3.63) is 0 Å². The van der Waals surface area contributed by atoms with Gasteiger partial charge in [-0.25, -0.2) is 0 Å². The van der Waals surface area contributed by atoms with Crippen LogP contribution >= 0.6 is 0 Å². The van der Waals surface area contributed by atoms with Crippen LogP contribution in [0.2, 0.25) is 0 Å². The molecule has 0 bridgehead atoms. The average molecular weight is 173 g/mol. The summed E-state index contributed by atoms with van der Waals surface area (Å²) in [5.74, 6) is -0.400. The number of hydrogen-bond acceptors (Lipinski definition) is 3. The molecule has 2 amide bonds. The predicted octanol–water partition coefficient (Wildman–Crippen LogP) is -1.46. The van der Waals surface area contributed by atoms with Crippen LogP contribution in [0.3, 0.4) is 0 Å². The van der Waals surface area contributed by atoms with Gasteiger partial charge in [0.1, 0.15) is 0 Å². The molecule has 0 fully saturated rings. The van der Waals surface area contributed by atoms with Gasteiger partial charge in [-0.3, -0.25) is 9.59 Å². The van der Waals surface area contributed by atoms with Crippen molar-refractivity contribution < 1.29 is 9.59 Å². The van der Waals surface area contributed by atoms with Crippen LogP contribution in [0.4, 0.5) is 0 Å². The number of hydrogen-bond donors (Lipinski definition) is 2. The quantitative estimate of drug-likeness (QED) is 0.545. The summed E-state index contributed by atoms with van der Waals surface area (Å²) < 4.78 is 0. The van der Waals surface area contributed by atoms with Crippen molar-refractivity contribution in [1.29, 1.82) is 0 Å². The Hall–Kier alpha value is -1.10. The van der Waals surface area contributed by atoms with Crippen molar-refractivity contribution >= 4 is 11.8 Å². The number of nitrogens with zero attached hydrogens (tertiary/aromatic N) is 1. The van der Waals surface area contributed by atoms with Gasteiger partial charge in [-0.2, -0.15) is 0 Å². The molecule has 0 saturated carbocycles. The molecule has 3 N–H and O–H groups in total. The average Bonchev–Trinajstić information content (AvgIpc) is 2.03. The lowest BCUT2D eigenvalue weighted by molar-refractivity contribution is -0.133. The van der Waals surface area contributed by atoms with Crippen LogP contribution in [0.25, 0.3) is 0 Å². The molecule has 0 unspecified atom stereocenters. The largest absolute Gasteiger partial charge is 0.355 e. The molecule has 0 radical (unpaired) electrons. The number of carbonyl (C=O) groups excluding carboxylic acids is 2. The highest BCUT2D eigenvalue weighted by molar-refractivity contribution is 5.85. The third-order valence-corrected chi connectivity index (χ3v) is 1.36. The highest BCUT2D eigenvalue weighted by atomic mass is 16.2. The molecule has 0 aromatic carbocycles. The summed E-state index contributed by atoms with van der Waals surface area (Å²) in [5.41, 5.74) is 5.10. The van der Waals surface area contributed by atoms with Crippen molar-refractivity contribution in [2.24, 2.45) is 5.73 Å². The molecule has 5 nitrogen and oxygen atoms in total. The van der Waals surface area contributed by atoms with Crippen molar-refractivity contribution in [2.75, 3.05) is 26.7 Å². The smallest absolute Gasteiger partial charge is 0.239 e. The summed E-state index contributed by atoms with van der Waals surface area (Å²) >= 11 is 0. The number of carbonyl (C=O) groups is 2. The van der Waals surface area contributed by atoms with Crippen LogP contribution in [-0.4, -0.2) is 43.4 Å². The van der Waals surface area contributed by atoms with Gasteiger partial charge in [0.15, 0.2) is 0 Å². The second-order valence-corrected chi connectivity index (χ2v) is 2.41. The monoisotopic (exact) mass is 173 g/mol. The highest BCUT2D eigenvalue weighted by Gasteiger charge is 2.09. The molecular weight excluding hydrogens is 158 g/mol. The maximum atomic E-state index is 10.9. The summed E-state index contributed by atoms with van der Waals surface area (Å²) in [6, 6.07) is 0. The summed E-state index contributed by atoms with van der Waals surface area (Å²) in [7, 11) is 1.55. The normalized spacial score (nSPS) is 9.25.